The fourth-order valence-corrected chi connectivity index (χ4v) is 3.35. The maximum atomic E-state index is 12.7. The molecule has 0 aliphatic carbocycles. The van der Waals surface area contributed by atoms with Gasteiger partial charge in [-0.15, -0.1) is 0 Å². The molecule has 148 valence electrons. The van der Waals surface area contributed by atoms with Gasteiger partial charge in [0.1, 0.15) is 11.5 Å². The molecule has 5 heteroatoms. The molecule has 0 spiro atoms. The molecule has 1 fully saturated rings. The minimum absolute atomic E-state index is 0.142. The Balaban J connectivity index is 1.48. The van der Waals surface area contributed by atoms with Crippen LogP contribution in [0.2, 0.25) is 0 Å². The van der Waals surface area contributed by atoms with Gasteiger partial charge in [0.25, 0.3) is 0 Å². The number of piperazine rings is 1. The first-order chi connectivity index (χ1) is 13.7. The number of benzene rings is 2. The fraction of sp³-hybridized carbons (Fsp3) is 0.348. The monoisotopic (exact) mass is 380 g/mol. The van der Waals surface area contributed by atoms with Gasteiger partial charge >= 0.3 is 0 Å². The van der Waals surface area contributed by atoms with Crippen molar-refractivity contribution in [1.82, 2.24) is 9.80 Å². The van der Waals surface area contributed by atoms with E-state index >= 15 is 0 Å². The molecule has 1 amide bonds. The maximum absolute atomic E-state index is 12.7. The van der Waals surface area contributed by atoms with Gasteiger partial charge in [-0.3, -0.25) is 9.69 Å². The van der Waals surface area contributed by atoms with Gasteiger partial charge in [-0.2, -0.15) is 0 Å². The third-order valence-corrected chi connectivity index (χ3v) is 5.03. The fourth-order valence-electron chi connectivity index (χ4n) is 3.35. The third kappa shape index (κ3) is 5.36. The molecule has 28 heavy (non-hydrogen) atoms. The summed E-state index contributed by atoms with van der Waals surface area (Å²) in [4.78, 5) is 17.0. The second-order valence-corrected chi connectivity index (χ2v) is 6.85. The van der Waals surface area contributed by atoms with E-state index in [1.165, 1.54) is 5.56 Å². The summed E-state index contributed by atoms with van der Waals surface area (Å²) >= 11 is 0. The van der Waals surface area contributed by atoms with Crippen molar-refractivity contribution >= 4 is 12.0 Å². The normalized spacial score (nSPS) is 15.0. The van der Waals surface area contributed by atoms with E-state index in [2.05, 4.69) is 29.2 Å². The topological polar surface area (TPSA) is 42.0 Å². The molecule has 1 aliphatic heterocycles. The Kier molecular flexibility index (Phi) is 7.09. The summed E-state index contributed by atoms with van der Waals surface area (Å²) in [6.45, 7) is 4.21. The summed E-state index contributed by atoms with van der Waals surface area (Å²) in [6.07, 6.45) is 4.68. The Hall–Kier alpha value is -2.79. The van der Waals surface area contributed by atoms with Crippen molar-refractivity contribution in [2.45, 2.75) is 6.42 Å². The number of rotatable bonds is 7. The summed E-state index contributed by atoms with van der Waals surface area (Å²) < 4.78 is 10.6. The molecular weight excluding hydrogens is 352 g/mol. The van der Waals surface area contributed by atoms with Gasteiger partial charge in [0.15, 0.2) is 0 Å². The van der Waals surface area contributed by atoms with Gasteiger partial charge in [0, 0.05) is 44.4 Å². The number of carbonyl (C=O) groups excluding carboxylic acids is 1. The molecule has 5 nitrogen and oxygen atoms in total. The molecule has 0 aromatic heterocycles. The highest BCUT2D eigenvalue weighted by molar-refractivity contribution is 5.79. The predicted octanol–water partition coefficient (Wildman–Crippen LogP) is 3.10. The summed E-state index contributed by atoms with van der Waals surface area (Å²) in [5.41, 5.74) is 2.10. The van der Waals surface area contributed by atoms with Crippen LogP contribution in [0.15, 0.2) is 54.6 Å². The van der Waals surface area contributed by atoms with Crippen LogP contribution in [0.25, 0.3) is 6.08 Å². The smallest absolute Gasteiger partial charge is 0.227 e. The van der Waals surface area contributed by atoms with E-state index in [4.69, 9.17) is 9.47 Å². The largest absolute Gasteiger partial charge is 0.497 e. The summed E-state index contributed by atoms with van der Waals surface area (Å²) in [5.74, 6) is 1.56. The molecular formula is C23H28N2O3. The lowest BCUT2D eigenvalue weighted by Gasteiger charge is -2.34. The lowest BCUT2D eigenvalue weighted by molar-refractivity contribution is -0.132. The van der Waals surface area contributed by atoms with Crippen molar-refractivity contribution < 1.29 is 14.3 Å². The van der Waals surface area contributed by atoms with E-state index in [1.54, 1.807) is 14.2 Å². The first-order valence-corrected chi connectivity index (χ1v) is 9.62. The first kappa shape index (κ1) is 20.0. The molecule has 1 aliphatic rings. The molecule has 0 radical (unpaired) electrons. The van der Waals surface area contributed by atoms with Gasteiger partial charge < -0.3 is 14.4 Å². The van der Waals surface area contributed by atoms with Crippen molar-refractivity contribution in [3.05, 3.63) is 65.7 Å². The summed E-state index contributed by atoms with van der Waals surface area (Å²) in [7, 11) is 3.23. The highest BCUT2D eigenvalue weighted by Crippen LogP contribution is 2.25. The van der Waals surface area contributed by atoms with E-state index in [0.29, 0.717) is 12.2 Å². The summed E-state index contributed by atoms with van der Waals surface area (Å²) in [5, 5.41) is 0. The summed E-state index contributed by atoms with van der Waals surface area (Å²) in [6, 6.07) is 15.9. The van der Waals surface area contributed by atoms with E-state index in [9.17, 15) is 4.79 Å². The van der Waals surface area contributed by atoms with E-state index < -0.39 is 0 Å². The number of carbonyl (C=O) groups is 1. The van der Waals surface area contributed by atoms with Crippen molar-refractivity contribution in [3.63, 3.8) is 0 Å². The van der Waals surface area contributed by atoms with Crippen molar-refractivity contribution in [3.8, 4) is 11.5 Å². The third-order valence-electron chi connectivity index (χ3n) is 5.03. The Labute approximate surface area is 167 Å². The highest BCUT2D eigenvalue weighted by atomic mass is 16.5. The van der Waals surface area contributed by atoms with Crippen LogP contribution in [0.1, 0.15) is 11.1 Å². The SMILES string of the molecule is COc1ccc(CC(=O)N2CCN(CC=Cc3ccccc3)CC2)c(OC)c1. The van der Waals surface area contributed by atoms with Crippen LogP contribution < -0.4 is 9.47 Å². The van der Waals surface area contributed by atoms with Crippen LogP contribution in [0, 0.1) is 0 Å². The van der Waals surface area contributed by atoms with E-state index in [-0.39, 0.29) is 5.91 Å². The second-order valence-electron chi connectivity index (χ2n) is 6.85. The average Bonchev–Trinajstić information content (AvgIpc) is 2.75. The second kappa shape index (κ2) is 9.95. The molecule has 1 heterocycles. The number of hydrogen-bond acceptors (Lipinski definition) is 4. The molecule has 2 aromatic carbocycles. The average molecular weight is 380 g/mol. The zero-order valence-electron chi connectivity index (χ0n) is 16.6. The van der Waals surface area contributed by atoms with Crippen molar-refractivity contribution in [2.75, 3.05) is 46.9 Å². The molecule has 0 bridgehead atoms. The zero-order valence-corrected chi connectivity index (χ0v) is 16.6. The van der Waals surface area contributed by atoms with E-state index in [1.807, 2.05) is 41.3 Å². The lowest BCUT2D eigenvalue weighted by atomic mass is 10.1. The zero-order chi connectivity index (χ0) is 19.8. The Morgan fingerprint density at radius 1 is 1.00 bits per heavy atom. The minimum atomic E-state index is 0.142. The van der Waals surface area contributed by atoms with Crippen LogP contribution in [0.5, 0.6) is 11.5 Å². The molecule has 0 atom stereocenters. The first-order valence-electron chi connectivity index (χ1n) is 9.62. The molecule has 0 saturated carbocycles. The van der Waals surface area contributed by atoms with Crippen LogP contribution in [0.4, 0.5) is 0 Å². The predicted molar refractivity (Wildman–Crippen MR) is 112 cm³/mol. The number of amides is 1. The molecule has 1 saturated heterocycles. The quantitative estimate of drug-likeness (QED) is 0.740. The van der Waals surface area contributed by atoms with Crippen LogP contribution >= 0.6 is 0 Å². The van der Waals surface area contributed by atoms with Crippen LogP contribution in [-0.2, 0) is 11.2 Å². The maximum Gasteiger partial charge on any atom is 0.227 e. The minimum Gasteiger partial charge on any atom is -0.497 e. The van der Waals surface area contributed by atoms with Gasteiger partial charge in [0.05, 0.1) is 20.6 Å². The molecule has 0 unspecified atom stereocenters. The molecule has 2 aromatic rings. The Morgan fingerprint density at radius 3 is 2.43 bits per heavy atom. The molecule has 3 rings (SSSR count). The highest BCUT2D eigenvalue weighted by Gasteiger charge is 2.21. The number of nitrogens with zero attached hydrogens (tertiary/aromatic N) is 2. The van der Waals surface area contributed by atoms with Crippen LogP contribution in [-0.4, -0.2) is 62.7 Å². The van der Waals surface area contributed by atoms with E-state index in [0.717, 1.165) is 44.0 Å². The standard InChI is InChI=1S/C23H28N2O3/c1-27-21-11-10-20(22(18-21)28-2)17-23(26)25-15-13-24(14-16-25)12-6-9-19-7-4-3-5-8-19/h3-11,18H,12-17H2,1-2H3. The van der Waals surface area contributed by atoms with Gasteiger partial charge in [-0.1, -0.05) is 48.6 Å². The van der Waals surface area contributed by atoms with Gasteiger partial charge in [-0.25, -0.2) is 0 Å². The number of hydrogen-bond donors (Lipinski definition) is 0. The number of methoxy groups -OCH3 is 2. The van der Waals surface area contributed by atoms with Gasteiger partial charge in [-0.05, 0) is 11.6 Å². The number of ether oxygens (including phenoxy) is 2. The van der Waals surface area contributed by atoms with Crippen molar-refractivity contribution in [1.29, 1.82) is 0 Å². The van der Waals surface area contributed by atoms with Crippen molar-refractivity contribution in [2.24, 2.45) is 0 Å². The lowest BCUT2D eigenvalue weighted by Crippen LogP contribution is -2.49. The Bertz CT molecular complexity index is 797. The Morgan fingerprint density at radius 2 is 1.75 bits per heavy atom. The van der Waals surface area contributed by atoms with Crippen LogP contribution in [0.3, 0.4) is 0 Å². The molecule has 0 N–H and O–H groups in total. The van der Waals surface area contributed by atoms with Gasteiger partial charge in [0.2, 0.25) is 5.91 Å².